The molecule has 1 aromatic carbocycles. The van der Waals surface area contributed by atoms with Gasteiger partial charge in [0.1, 0.15) is 0 Å². The standard InChI is InChI=1S/C19H21F3N6OS/c1-10-13(11(2)28-17(23-10)25-18(26-28)30-5)9-16(29)24-15-7-6-12(27(3)4)8-14(15)19(20,21)22/h6-8H,9H2,1-5H3,(H,24,29). The molecule has 0 unspecified atom stereocenters. The number of amides is 1. The van der Waals surface area contributed by atoms with E-state index < -0.39 is 17.6 Å². The number of benzene rings is 1. The molecule has 0 saturated heterocycles. The van der Waals surface area contributed by atoms with Gasteiger partial charge >= 0.3 is 6.18 Å². The second-order valence-electron chi connectivity index (χ2n) is 6.92. The van der Waals surface area contributed by atoms with Crippen LogP contribution in [-0.4, -0.2) is 45.8 Å². The molecule has 0 fully saturated rings. The molecule has 0 atom stereocenters. The Hall–Kier alpha value is -2.82. The number of anilines is 2. The molecule has 0 aliphatic heterocycles. The van der Waals surface area contributed by atoms with Crippen LogP contribution in [0.5, 0.6) is 0 Å². The minimum atomic E-state index is -4.60. The van der Waals surface area contributed by atoms with E-state index in [2.05, 4.69) is 20.4 Å². The van der Waals surface area contributed by atoms with Crippen molar-refractivity contribution in [3.05, 3.63) is 40.7 Å². The lowest BCUT2D eigenvalue weighted by Gasteiger charge is -2.19. The fraction of sp³-hybridized carbons (Fsp3) is 0.368. The number of nitrogens with zero attached hydrogens (tertiary/aromatic N) is 5. The molecule has 7 nitrogen and oxygen atoms in total. The number of aryl methyl sites for hydroxylation is 2. The molecule has 0 spiro atoms. The number of fused-ring (bicyclic) bond motifs is 1. The van der Waals surface area contributed by atoms with Crippen molar-refractivity contribution in [2.45, 2.75) is 31.6 Å². The molecule has 2 heterocycles. The van der Waals surface area contributed by atoms with Crippen molar-refractivity contribution in [3.8, 4) is 0 Å². The second kappa shape index (κ2) is 8.13. The molecule has 3 aromatic rings. The number of thioether (sulfide) groups is 1. The summed E-state index contributed by atoms with van der Waals surface area (Å²) in [7, 11) is 3.30. The Balaban J connectivity index is 1.91. The van der Waals surface area contributed by atoms with E-state index in [0.29, 0.717) is 33.6 Å². The molecule has 0 aliphatic rings. The maximum Gasteiger partial charge on any atom is 0.418 e. The number of aromatic nitrogens is 4. The lowest BCUT2D eigenvalue weighted by atomic mass is 10.1. The van der Waals surface area contributed by atoms with Crippen LogP contribution in [-0.2, 0) is 17.4 Å². The van der Waals surface area contributed by atoms with Gasteiger partial charge in [-0.2, -0.15) is 18.2 Å². The van der Waals surface area contributed by atoms with Crippen LogP contribution in [0.2, 0.25) is 0 Å². The maximum atomic E-state index is 13.5. The number of carbonyl (C=O) groups is 1. The van der Waals surface area contributed by atoms with E-state index in [-0.39, 0.29) is 12.1 Å². The van der Waals surface area contributed by atoms with Gasteiger partial charge in [-0.05, 0) is 38.3 Å². The van der Waals surface area contributed by atoms with Gasteiger partial charge in [0, 0.05) is 36.7 Å². The third-order valence-electron chi connectivity index (χ3n) is 4.65. The number of hydrogen-bond acceptors (Lipinski definition) is 6. The van der Waals surface area contributed by atoms with E-state index in [9.17, 15) is 18.0 Å². The van der Waals surface area contributed by atoms with Crippen molar-refractivity contribution < 1.29 is 18.0 Å². The SMILES string of the molecule is CSc1nc2nc(C)c(CC(=O)Nc3ccc(N(C)C)cc3C(F)(F)F)c(C)n2n1. The molecule has 30 heavy (non-hydrogen) atoms. The highest BCUT2D eigenvalue weighted by Crippen LogP contribution is 2.37. The number of carbonyl (C=O) groups excluding carboxylic acids is 1. The summed E-state index contributed by atoms with van der Waals surface area (Å²) >= 11 is 1.37. The van der Waals surface area contributed by atoms with Crippen molar-refractivity contribution in [1.29, 1.82) is 0 Å². The Morgan fingerprint density at radius 1 is 1.23 bits per heavy atom. The predicted octanol–water partition coefficient (Wildman–Crippen LogP) is 3.73. The van der Waals surface area contributed by atoms with Gasteiger partial charge in [-0.15, -0.1) is 5.10 Å². The number of hydrogen-bond donors (Lipinski definition) is 1. The zero-order chi connectivity index (χ0) is 22.2. The summed E-state index contributed by atoms with van der Waals surface area (Å²) in [4.78, 5) is 22.8. The van der Waals surface area contributed by atoms with E-state index in [0.717, 1.165) is 6.07 Å². The zero-order valence-electron chi connectivity index (χ0n) is 17.1. The third-order valence-corrected chi connectivity index (χ3v) is 5.19. The van der Waals surface area contributed by atoms with E-state index in [4.69, 9.17) is 0 Å². The van der Waals surface area contributed by atoms with Gasteiger partial charge < -0.3 is 10.2 Å². The third kappa shape index (κ3) is 4.35. The molecule has 0 aliphatic carbocycles. The predicted molar refractivity (Wildman–Crippen MR) is 110 cm³/mol. The van der Waals surface area contributed by atoms with Gasteiger partial charge in [0.2, 0.25) is 11.1 Å². The normalized spacial score (nSPS) is 11.7. The fourth-order valence-electron chi connectivity index (χ4n) is 3.04. The lowest BCUT2D eigenvalue weighted by Crippen LogP contribution is -2.21. The Labute approximate surface area is 175 Å². The van der Waals surface area contributed by atoms with E-state index in [1.807, 2.05) is 6.26 Å². The molecule has 0 bridgehead atoms. The smallest absolute Gasteiger partial charge is 0.378 e. The molecule has 2 aromatic heterocycles. The van der Waals surface area contributed by atoms with Crippen LogP contribution in [0.15, 0.2) is 23.4 Å². The van der Waals surface area contributed by atoms with Crippen molar-refractivity contribution >= 4 is 34.8 Å². The highest BCUT2D eigenvalue weighted by atomic mass is 32.2. The fourth-order valence-corrected chi connectivity index (χ4v) is 3.38. The topological polar surface area (TPSA) is 75.4 Å². The Morgan fingerprint density at radius 3 is 2.53 bits per heavy atom. The van der Waals surface area contributed by atoms with E-state index >= 15 is 0 Å². The van der Waals surface area contributed by atoms with Crippen molar-refractivity contribution in [1.82, 2.24) is 19.6 Å². The number of alkyl halides is 3. The average molecular weight is 438 g/mol. The maximum absolute atomic E-state index is 13.5. The first-order valence-electron chi connectivity index (χ1n) is 8.96. The molecule has 0 radical (unpaired) electrons. The van der Waals surface area contributed by atoms with Crippen LogP contribution in [0.3, 0.4) is 0 Å². The van der Waals surface area contributed by atoms with E-state index in [1.54, 1.807) is 32.8 Å². The number of rotatable bonds is 5. The van der Waals surface area contributed by atoms with E-state index in [1.165, 1.54) is 28.4 Å². The largest absolute Gasteiger partial charge is 0.418 e. The van der Waals surface area contributed by atoms with Gasteiger partial charge in [-0.1, -0.05) is 11.8 Å². The number of nitrogens with one attached hydrogen (secondary N) is 1. The Morgan fingerprint density at radius 2 is 1.93 bits per heavy atom. The minimum absolute atomic E-state index is 0.137. The van der Waals surface area contributed by atoms with Gasteiger partial charge in [0.15, 0.2) is 0 Å². The minimum Gasteiger partial charge on any atom is -0.378 e. The molecule has 11 heteroatoms. The summed E-state index contributed by atoms with van der Waals surface area (Å²) in [5.74, 6) is -0.159. The molecule has 3 rings (SSSR count). The van der Waals surface area contributed by atoms with Gasteiger partial charge in [0.25, 0.3) is 5.78 Å². The van der Waals surface area contributed by atoms with Gasteiger partial charge in [-0.3, -0.25) is 4.79 Å². The van der Waals surface area contributed by atoms with Crippen LogP contribution in [0.4, 0.5) is 24.5 Å². The van der Waals surface area contributed by atoms with Crippen LogP contribution in [0, 0.1) is 13.8 Å². The summed E-state index contributed by atoms with van der Waals surface area (Å²) in [5, 5.41) is 7.26. The van der Waals surface area contributed by atoms with Gasteiger partial charge in [0.05, 0.1) is 17.7 Å². The van der Waals surface area contributed by atoms with Crippen LogP contribution >= 0.6 is 11.8 Å². The first kappa shape index (κ1) is 21.9. The zero-order valence-corrected chi connectivity index (χ0v) is 17.9. The van der Waals surface area contributed by atoms with Crippen molar-refractivity contribution in [2.24, 2.45) is 0 Å². The lowest BCUT2D eigenvalue weighted by molar-refractivity contribution is -0.136. The summed E-state index contributed by atoms with van der Waals surface area (Å²) in [5.41, 5.74) is 1.04. The first-order valence-corrected chi connectivity index (χ1v) is 10.2. The molecule has 1 N–H and O–H groups in total. The van der Waals surface area contributed by atoms with Crippen LogP contribution in [0.1, 0.15) is 22.5 Å². The highest BCUT2D eigenvalue weighted by molar-refractivity contribution is 7.98. The molecular formula is C19H21F3N6OS. The van der Waals surface area contributed by atoms with Crippen molar-refractivity contribution in [3.63, 3.8) is 0 Å². The molecular weight excluding hydrogens is 417 g/mol. The molecule has 0 saturated carbocycles. The Kier molecular flexibility index (Phi) is 5.93. The molecule has 1 amide bonds. The average Bonchev–Trinajstić information content (AvgIpc) is 3.07. The van der Waals surface area contributed by atoms with Crippen LogP contribution in [0.25, 0.3) is 5.78 Å². The monoisotopic (exact) mass is 438 g/mol. The quantitative estimate of drug-likeness (QED) is 0.612. The van der Waals surface area contributed by atoms with Crippen LogP contribution < -0.4 is 10.2 Å². The summed E-state index contributed by atoms with van der Waals surface area (Å²) < 4.78 is 42.1. The Bertz CT molecular complexity index is 1110. The first-order chi connectivity index (χ1) is 14.0. The summed E-state index contributed by atoms with van der Waals surface area (Å²) in [6, 6.07) is 3.80. The molecule has 160 valence electrons. The summed E-state index contributed by atoms with van der Waals surface area (Å²) in [6.07, 6.45) is -2.90. The number of halogens is 3. The summed E-state index contributed by atoms with van der Waals surface area (Å²) in [6.45, 7) is 3.51. The van der Waals surface area contributed by atoms with Gasteiger partial charge in [-0.25, -0.2) is 9.50 Å². The second-order valence-corrected chi connectivity index (χ2v) is 7.69. The van der Waals surface area contributed by atoms with Crippen molar-refractivity contribution in [2.75, 3.05) is 30.6 Å². The highest BCUT2D eigenvalue weighted by Gasteiger charge is 2.34.